The SMILES string of the molecule is Cc1cc(C)c(NCC(=O)N2c3ccccc3CC2C)c(Cl)c1. The molecule has 1 amide bonds. The molecule has 4 heteroatoms. The number of hydrogen-bond acceptors (Lipinski definition) is 2. The van der Waals surface area contributed by atoms with Crippen LogP contribution in [0.3, 0.4) is 0 Å². The van der Waals surface area contributed by atoms with Crippen LogP contribution in [0.2, 0.25) is 5.02 Å². The molecule has 1 atom stereocenters. The molecule has 0 spiro atoms. The average molecular weight is 329 g/mol. The van der Waals surface area contributed by atoms with Crippen molar-refractivity contribution in [3.8, 4) is 0 Å². The zero-order chi connectivity index (χ0) is 16.6. The van der Waals surface area contributed by atoms with Crippen LogP contribution in [0.4, 0.5) is 11.4 Å². The highest BCUT2D eigenvalue weighted by molar-refractivity contribution is 6.33. The van der Waals surface area contributed by atoms with Crippen molar-refractivity contribution in [2.75, 3.05) is 16.8 Å². The number of nitrogens with one attached hydrogen (secondary N) is 1. The fourth-order valence-electron chi connectivity index (χ4n) is 3.33. The minimum Gasteiger partial charge on any atom is -0.375 e. The molecule has 0 bridgehead atoms. The van der Waals surface area contributed by atoms with Crippen molar-refractivity contribution in [2.24, 2.45) is 0 Å². The van der Waals surface area contributed by atoms with Crippen molar-refractivity contribution in [3.63, 3.8) is 0 Å². The highest BCUT2D eigenvalue weighted by Crippen LogP contribution is 2.32. The van der Waals surface area contributed by atoms with Crippen LogP contribution < -0.4 is 10.2 Å². The lowest BCUT2D eigenvalue weighted by atomic mass is 10.1. The molecule has 1 aliphatic rings. The molecule has 120 valence electrons. The van der Waals surface area contributed by atoms with Gasteiger partial charge in [0.15, 0.2) is 0 Å². The second kappa shape index (κ2) is 6.25. The second-order valence-electron chi connectivity index (χ2n) is 6.24. The number of benzene rings is 2. The van der Waals surface area contributed by atoms with E-state index >= 15 is 0 Å². The fourth-order valence-corrected chi connectivity index (χ4v) is 3.72. The number of fused-ring (bicyclic) bond motifs is 1. The van der Waals surface area contributed by atoms with E-state index in [1.165, 1.54) is 5.56 Å². The molecule has 1 N–H and O–H groups in total. The number of nitrogens with zero attached hydrogens (tertiary/aromatic N) is 1. The number of rotatable bonds is 3. The Morgan fingerprint density at radius 1 is 1.30 bits per heavy atom. The van der Waals surface area contributed by atoms with Crippen molar-refractivity contribution in [1.82, 2.24) is 0 Å². The van der Waals surface area contributed by atoms with E-state index in [2.05, 4.69) is 24.4 Å². The first-order valence-electron chi connectivity index (χ1n) is 7.88. The molecule has 23 heavy (non-hydrogen) atoms. The number of aryl methyl sites for hydroxylation is 2. The highest BCUT2D eigenvalue weighted by atomic mass is 35.5. The molecule has 1 unspecified atom stereocenters. The highest BCUT2D eigenvalue weighted by Gasteiger charge is 2.30. The minimum atomic E-state index is 0.0680. The van der Waals surface area contributed by atoms with E-state index in [-0.39, 0.29) is 18.5 Å². The second-order valence-corrected chi connectivity index (χ2v) is 6.64. The van der Waals surface area contributed by atoms with Gasteiger partial charge < -0.3 is 10.2 Å². The van der Waals surface area contributed by atoms with Gasteiger partial charge in [-0.15, -0.1) is 0 Å². The summed E-state index contributed by atoms with van der Waals surface area (Å²) >= 11 is 6.30. The fraction of sp³-hybridized carbons (Fsp3) is 0.316. The number of hydrogen-bond donors (Lipinski definition) is 1. The lowest BCUT2D eigenvalue weighted by molar-refractivity contribution is -0.117. The molecule has 1 heterocycles. The van der Waals surface area contributed by atoms with Gasteiger partial charge in [0.2, 0.25) is 5.91 Å². The Bertz CT molecular complexity index is 734. The number of amides is 1. The van der Waals surface area contributed by atoms with E-state index in [1.807, 2.05) is 43.0 Å². The first kappa shape index (κ1) is 15.9. The van der Waals surface area contributed by atoms with Crippen LogP contribution in [0.25, 0.3) is 0 Å². The Hall–Kier alpha value is -2.00. The van der Waals surface area contributed by atoms with Crippen molar-refractivity contribution < 1.29 is 4.79 Å². The van der Waals surface area contributed by atoms with E-state index in [4.69, 9.17) is 11.6 Å². The minimum absolute atomic E-state index is 0.0680. The lowest BCUT2D eigenvalue weighted by Gasteiger charge is -2.23. The van der Waals surface area contributed by atoms with Crippen molar-refractivity contribution in [3.05, 3.63) is 58.1 Å². The van der Waals surface area contributed by atoms with Gasteiger partial charge in [0.25, 0.3) is 0 Å². The molecule has 3 rings (SSSR count). The van der Waals surface area contributed by atoms with Crippen LogP contribution in [0, 0.1) is 13.8 Å². The van der Waals surface area contributed by atoms with Crippen molar-refractivity contribution in [2.45, 2.75) is 33.2 Å². The normalized spacial score (nSPS) is 16.3. The van der Waals surface area contributed by atoms with E-state index in [0.717, 1.165) is 28.9 Å². The Labute approximate surface area is 142 Å². The third-order valence-corrected chi connectivity index (χ3v) is 4.62. The summed E-state index contributed by atoms with van der Waals surface area (Å²) in [6.07, 6.45) is 0.909. The smallest absolute Gasteiger partial charge is 0.246 e. The van der Waals surface area contributed by atoms with Crippen LogP contribution in [0.15, 0.2) is 36.4 Å². The van der Waals surface area contributed by atoms with Gasteiger partial charge in [-0.3, -0.25) is 4.79 Å². The van der Waals surface area contributed by atoms with E-state index in [0.29, 0.717) is 5.02 Å². The van der Waals surface area contributed by atoms with E-state index < -0.39 is 0 Å². The molecule has 0 radical (unpaired) electrons. The van der Waals surface area contributed by atoms with Crippen LogP contribution in [-0.4, -0.2) is 18.5 Å². The average Bonchev–Trinajstić information content (AvgIpc) is 2.81. The summed E-state index contributed by atoms with van der Waals surface area (Å²) in [6, 6.07) is 12.3. The van der Waals surface area contributed by atoms with Crippen LogP contribution in [0.5, 0.6) is 0 Å². The summed E-state index contributed by atoms with van der Waals surface area (Å²) in [5.74, 6) is 0.0680. The van der Waals surface area contributed by atoms with Gasteiger partial charge in [-0.25, -0.2) is 0 Å². The van der Waals surface area contributed by atoms with E-state index in [1.54, 1.807) is 0 Å². The molecule has 1 aliphatic heterocycles. The summed E-state index contributed by atoms with van der Waals surface area (Å²) in [7, 11) is 0. The molecule has 0 aliphatic carbocycles. The Morgan fingerprint density at radius 2 is 2.04 bits per heavy atom. The first-order chi connectivity index (χ1) is 11.0. The lowest BCUT2D eigenvalue weighted by Crippen LogP contribution is -2.39. The van der Waals surface area contributed by atoms with Crippen LogP contribution in [-0.2, 0) is 11.2 Å². The summed E-state index contributed by atoms with van der Waals surface area (Å²) in [6.45, 7) is 6.33. The summed E-state index contributed by atoms with van der Waals surface area (Å²) < 4.78 is 0. The molecule has 0 saturated carbocycles. The predicted molar refractivity (Wildman–Crippen MR) is 96.5 cm³/mol. The maximum absolute atomic E-state index is 12.7. The van der Waals surface area contributed by atoms with Gasteiger partial charge in [-0.05, 0) is 56.0 Å². The zero-order valence-electron chi connectivity index (χ0n) is 13.7. The van der Waals surface area contributed by atoms with Gasteiger partial charge in [0.05, 0.1) is 17.3 Å². The van der Waals surface area contributed by atoms with Crippen LogP contribution in [0.1, 0.15) is 23.6 Å². The summed E-state index contributed by atoms with van der Waals surface area (Å²) in [5, 5.41) is 3.87. The van der Waals surface area contributed by atoms with Gasteiger partial charge in [-0.1, -0.05) is 35.9 Å². The predicted octanol–water partition coefficient (Wildman–Crippen LogP) is 4.35. The van der Waals surface area contributed by atoms with Gasteiger partial charge in [0.1, 0.15) is 0 Å². The Kier molecular flexibility index (Phi) is 4.31. The maximum atomic E-state index is 12.7. The quantitative estimate of drug-likeness (QED) is 0.908. The molecule has 2 aromatic carbocycles. The molecule has 0 saturated heterocycles. The number of carbonyl (C=O) groups excluding carboxylic acids is 1. The first-order valence-corrected chi connectivity index (χ1v) is 8.25. The van der Waals surface area contributed by atoms with Gasteiger partial charge in [-0.2, -0.15) is 0 Å². The van der Waals surface area contributed by atoms with Crippen molar-refractivity contribution in [1.29, 1.82) is 0 Å². The van der Waals surface area contributed by atoms with E-state index in [9.17, 15) is 4.79 Å². The number of para-hydroxylation sites is 1. The zero-order valence-corrected chi connectivity index (χ0v) is 14.4. The van der Waals surface area contributed by atoms with Crippen molar-refractivity contribution >= 4 is 28.9 Å². The molecular formula is C19H21ClN2O. The van der Waals surface area contributed by atoms with Gasteiger partial charge >= 0.3 is 0 Å². The molecule has 0 aromatic heterocycles. The number of carbonyl (C=O) groups is 1. The summed E-state index contributed by atoms with van der Waals surface area (Å²) in [4.78, 5) is 14.6. The number of halogens is 1. The summed E-state index contributed by atoms with van der Waals surface area (Å²) in [5.41, 5.74) is 5.27. The number of anilines is 2. The molecule has 3 nitrogen and oxygen atoms in total. The third kappa shape index (κ3) is 3.06. The molecular weight excluding hydrogens is 308 g/mol. The topological polar surface area (TPSA) is 32.3 Å². The third-order valence-electron chi connectivity index (χ3n) is 4.32. The monoisotopic (exact) mass is 328 g/mol. The molecule has 2 aromatic rings. The van der Waals surface area contributed by atoms with Crippen LogP contribution >= 0.6 is 11.6 Å². The maximum Gasteiger partial charge on any atom is 0.246 e. The largest absolute Gasteiger partial charge is 0.375 e. The Balaban J connectivity index is 1.76. The molecule has 0 fully saturated rings. The standard InChI is InChI=1S/C19H21ClN2O/c1-12-8-13(2)19(16(20)9-12)21-11-18(23)22-14(3)10-15-6-4-5-7-17(15)22/h4-9,14,21H,10-11H2,1-3H3. The van der Waals surface area contributed by atoms with Gasteiger partial charge in [0, 0.05) is 11.7 Å². The Morgan fingerprint density at radius 3 is 2.78 bits per heavy atom.